The molecule has 1 heterocycles. The number of halogens is 1. The number of cyclic esters (lactones) is 1. The van der Waals surface area contributed by atoms with E-state index in [0.717, 1.165) is 11.3 Å². The van der Waals surface area contributed by atoms with E-state index < -0.39 is 5.97 Å². The predicted octanol–water partition coefficient (Wildman–Crippen LogP) is 4.25. The van der Waals surface area contributed by atoms with Crippen molar-refractivity contribution >= 4 is 29.5 Å². The van der Waals surface area contributed by atoms with E-state index in [-0.39, 0.29) is 11.6 Å². The van der Waals surface area contributed by atoms with Gasteiger partial charge in [-0.2, -0.15) is 0 Å². The van der Waals surface area contributed by atoms with Crippen molar-refractivity contribution in [1.82, 2.24) is 0 Å². The van der Waals surface area contributed by atoms with Gasteiger partial charge in [0.25, 0.3) is 0 Å². The van der Waals surface area contributed by atoms with Crippen LogP contribution < -0.4 is 4.74 Å². The maximum atomic E-state index is 12.0. The Bertz CT molecular complexity index is 821. The molecule has 0 spiro atoms. The van der Waals surface area contributed by atoms with Crippen LogP contribution in [-0.2, 0) is 9.53 Å². The molecule has 0 bridgehead atoms. The molecule has 0 saturated carbocycles. The highest BCUT2D eigenvalue weighted by Gasteiger charge is 2.23. The summed E-state index contributed by atoms with van der Waals surface area (Å²) in [6, 6.07) is 14.3. The quantitative estimate of drug-likeness (QED) is 0.465. The van der Waals surface area contributed by atoms with Crippen LogP contribution in [0.1, 0.15) is 11.1 Å². The zero-order valence-corrected chi connectivity index (χ0v) is 13.5. The lowest BCUT2D eigenvalue weighted by atomic mass is 10.2. The Balaban J connectivity index is 1.80. The molecule has 0 unspecified atom stereocenters. The standard InChI is InChI=1S/C19H14ClNO3/c1-2-11-23-16-9-3-13(4-10-16)12-17-19(22)24-18(21-17)14-5-7-15(20)8-6-14/h2-10,12H,1,11H2/b17-12-. The lowest BCUT2D eigenvalue weighted by Crippen LogP contribution is -2.05. The molecule has 2 aromatic carbocycles. The van der Waals surface area contributed by atoms with Gasteiger partial charge in [0, 0.05) is 10.6 Å². The zero-order chi connectivity index (χ0) is 16.9. The number of ether oxygens (including phenoxy) is 2. The zero-order valence-electron chi connectivity index (χ0n) is 12.7. The van der Waals surface area contributed by atoms with Gasteiger partial charge < -0.3 is 9.47 Å². The van der Waals surface area contributed by atoms with Gasteiger partial charge in [-0.1, -0.05) is 36.4 Å². The number of esters is 1. The Hall–Kier alpha value is -2.85. The number of carbonyl (C=O) groups excluding carboxylic acids is 1. The number of nitrogens with zero attached hydrogens (tertiary/aromatic N) is 1. The van der Waals surface area contributed by atoms with Gasteiger partial charge in [0.15, 0.2) is 5.70 Å². The molecule has 1 aliphatic rings. The van der Waals surface area contributed by atoms with E-state index in [1.807, 2.05) is 24.3 Å². The Morgan fingerprint density at radius 2 is 1.83 bits per heavy atom. The van der Waals surface area contributed by atoms with Crippen LogP contribution in [0.2, 0.25) is 5.02 Å². The minimum atomic E-state index is -0.480. The lowest BCUT2D eigenvalue weighted by molar-refractivity contribution is -0.129. The smallest absolute Gasteiger partial charge is 0.363 e. The fraction of sp³-hybridized carbons (Fsp3) is 0.0526. The first-order valence-electron chi connectivity index (χ1n) is 7.28. The molecule has 0 atom stereocenters. The molecule has 1 aliphatic heterocycles. The summed E-state index contributed by atoms with van der Waals surface area (Å²) in [7, 11) is 0. The summed E-state index contributed by atoms with van der Waals surface area (Å²) in [4.78, 5) is 16.2. The van der Waals surface area contributed by atoms with Crippen molar-refractivity contribution in [3.8, 4) is 5.75 Å². The second kappa shape index (κ2) is 7.15. The van der Waals surface area contributed by atoms with Gasteiger partial charge in [-0.05, 0) is 48.0 Å². The SMILES string of the molecule is C=CCOc1ccc(/C=C2\N=C(c3ccc(Cl)cc3)OC2=O)cc1. The molecule has 5 heteroatoms. The summed E-state index contributed by atoms with van der Waals surface area (Å²) in [5, 5.41) is 0.609. The normalized spacial score (nSPS) is 15.1. The third-order valence-electron chi connectivity index (χ3n) is 3.26. The van der Waals surface area contributed by atoms with E-state index in [0.29, 0.717) is 17.2 Å². The van der Waals surface area contributed by atoms with Crippen molar-refractivity contribution in [1.29, 1.82) is 0 Å². The second-order valence-electron chi connectivity index (χ2n) is 5.01. The summed E-state index contributed by atoms with van der Waals surface area (Å²) < 4.78 is 10.6. The third kappa shape index (κ3) is 3.73. The van der Waals surface area contributed by atoms with Gasteiger partial charge in [0.2, 0.25) is 5.90 Å². The fourth-order valence-electron chi connectivity index (χ4n) is 2.10. The van der Waals surface area contributed by atoms with E-state index in [9.17, 15) is 4.79 Å². The van der Waals surface area contributed by atoms with E-state index in [4.69, 9.17) is 21.1 Å². The molecule has 0 aromatic heterocycles. The maximum absolute atomic E-state index is 12.0. The van der Waals surface area contributed by atoms with Gasteiger partial charge in [-0.25, -0.2) is 9.79 Å². The largest absolute Gasteiger partial charge is 0.490 e. The molecule has 24 heavy (non-hydrogen) atoms. The van der Waals surface area contributed by atoms with Gasteiger partial charge >= 0.3 is 5.97 Å². The van der Waals surface area contributed by atoms with Crippen LogP contribution >= 0.6 is 11.6 Å². The second-order valence-corrected chi connectivity index (χ2v) is 5.45. The van der Waals surface area contributed by atoms with E-state index in [2.05, 4.69) is 11.6 Å². The number of rotatable bonds is 5. The minimum absolute atomic E-state index is 0.250. The number of hydrogen-bond acceptors (Lipinski definition) is 4. The number of aliphatic imine (C=N–C) groups is 1. The van der Waals surface area contributed by atoms with Crippen molar-refractivity contribution in [2.24, 2.45) is 4.99 Å². The number of benzene rings is 2. The molecule has 4 nitrogen and oxygen atoms in total. The maximum Gasteiger partial charge on any atom is 0.363 e. The Morgan fingerprint density at radius 3 is 2.50 bits per heavy atom. The van der Waals surface area contributed by atoms with Crippen LogP contribution in [0.25, 0.3) is 6.08 Å². The van der Waals surface area contributed by atoms with Crippen LogP contribution in [0, 0.1) is 0 Å². The van der Waals surface area contributed by atoms with Gasteiger partial charge in [0.05, 0.1) is 0 Å². The van der Waals surface area contributed by atoms with Crippen LogP contribution in [0.15, 0.2) is 71.9 Å². The highest BCUT2D eigenvalue weighted by atomic mass is 35.5. The van der Waals surface area contributed by atoms with Crippen molar-refractivity contribution in [3.63, 3.8) is 0 Å². The molecule has 0 saturated heterocycles. The highest BCUT2D eigenvalue weighted by Crippen LogP contribution is 2.21. The van der Waals surface area contributed by atoms with Crippen molar-refractivity contribution in [2.75, 3.05) is 6.61 Å². The van der Waals surface area contributed by atoms with Gasteiger partial charge in [-0.15, -0.1) is 0 Å². The molecule has 3 rings (SSSR count). The van der Waals surface area contributed by atoms with E-state index >= 15 is 0 Å². The van der Waals surface area contributed by atoms with Gasteiger partial charge in [-0.3, -0.25) is 0 Å². The van der Waals surface area contributed by atoms with Crippen LogP contribution in [0.4, 0.5) is 0 Å². The van der Waals surface area contributed by atoms with Crippen molar-refractivity contribution < 1.29 is 14.3 Å². The molecule has 0 N–H and O–H groups in total. The molecule has 120 valence electrons. The molecule has 0 fully saturated rings. The van der Waals surface area contributed by atoms with Crippen LogP contribution in [0.5, 0.6) is 5.75 Å². The molecule has 0 radical (unpaired) electrons. The molecule has 2 aromatic rings. The first kappa shape index (κ1) is 16.0. The minimum Gasteiger partial charge on any atom is -0.490 e. The summed E-state index contributed by atoms with van der Waals surface area (Å²) in [6.45, 7) is 4.04. The molecule has 0 amide bonds. The van der Waals surface area contributed by atoms with Crippen LogP contribution in [-0.4, -0.2) is 18.5 Å². The monoisotopic (exact) mass is 339 g/mol. The Kier molecular flexibility index (Phi) is 4.77. The summed E-state index contributed by atoms with van der Waals surface area (Å²) in [5.74, 6) is 0.525. The number of hydrogen-bond donors (Lipinski definition) is 0. The third-order valence-corrected chi connectivity index (χ3v) is 3.51. The average molecular weight is 340 g/mol. The Labute approximate surface area is 144 Å². The van der Waals surface area contributed by atoms with Gasteiger partial charge in [0.1, 0.15) is 12.4 Å². The molecule has 0 aliphatic carbocycles. The summed E-state index contributed by atoms with van der Waals surface area (Å²) in [6.07, 6.45) is 3.35. The van der Waals surface area contributed by atoms with E-state index in [1.54, 1.807) is 36.4 Å². The first-order chi connectivity index (χ1) is 11.7. The van der Waals surface area contributed by atoms with Crippen LogP contribution in [0.3, 0.4) is 0 Å². The Morgan fingerprint density at radius 1 is 1.12 bits per heavy atom. The number of carbonyl (C=O) groups is 1. The topological polar surface area (TPSA) is 47.9 Å². The summed E-state index contributed by atoms with van der Waals surface area (Å²) in [5.41, 5.74) is 1.78. The van der Waals surface area contributed by atoms with E-state index in [1.165, 1.54) is 0 Å². The van der Waals surface area contributed by atoms with Crippen molar-refractivity contribution in [3.05, 3.63) is 83.0 Å². The highest BCUT2D eigenvalue weighted by molar-refractivity contribution is 6.30. The fourth-order valence-corrected chi connectivity index (χ4v) is 2.22. The lowest BCUT2D eigenvalue weighted by Gasteiger charge is -2.02. The average Bonchev–Trinajstić information content (AvgIpc) is 2.95. The predicted molar refractivity (Wildman–Crippen MR) is 94.2 cm³/mol. The molecular formula is C19H14ClNO3. The summed E-state index contributed by atoms with van der Waals surface area (Å²) >= 11 is 5.85. The first-order valence-corrected chi connectivity index (χ1v) is 7.66. The van der Waals surface area contributed by atoms with Crippen molar-refractivity contribution in [2.45, 2.75) is 0 Å². The molecular weight excluding hydrogens is 326 g/mol.